The lowest BCUT2D eigenvalue weighted by Crippen LogP contribution is -2.32. The molecule has 3 nitrogen and oxygen atoms in total. The maximum Gasteiger partial charge on any atom is 0.222 e. The summed E-state index contributed by atoms with van der Waals surface area (Å²) in [6.07, 6.45) is 13.6. The summed E-state index contributed by atoms with van der Waals surface area (Å²) in [7, 11) is 0. The van der Waals surface area contributed by atoms with Gasteiger partial charge in [-0.2, -0.15) is 0 Å². The Morgan fingerprint density at radius 2 is 1.63 bits per heavy atom. The topological polar surface area (TPSA) is 25.2 Å². The highest BCUT2D eigenvalue weighted by Crippen LogP contribution is 2.15. The predicted molar refractivity (Wildman–Crippen MR) is 128 cm³/mol. The lowest BCUT2D eigenvalue weighted by molar-refractivity contribution is -0.132. The summed E-state index contributed by atoms with van der Waals surface area (Å²) in [4.78, 5) is 15.1. The molecule has 30 heavy (non-hydrogen) atoms. The molecule has 0 aliphatic carbocycles. The van der Waals surface area contributed by atoms with E-state index in [1.54, 1.807) is 0 Å². The van der Waals surface area contributed by atoms with Crippen LogP contribution in [-0.4, -0.2) is 21.9 Å². The van der Waals surface area contributed by atoms with Gasteiger partial charge in [0.25, 0.3) is 0 Å². The summed E-state index contributed by atoms with van der Waals surface area (Å²) in [6.45, 7) is 9.05. The minimum atomic E-state index is 0.324. The molecule has 0 aliphatic rings. The third-order valence-corrected chi connectivity index (χ3v) is 5.84. The van der Waals surface area contributed by atoms with E-state index >= 15 is 0 Å². The second-order valence-corrected chi connectivity index (χ2v) is 8.66. The second kappa shape index (κ2) is 14.1. The van der Waals surface area contributed by atoms with Crippen molar-refractivity contribution >= 4 is 5.91 Å². The minimum absolute atomic E-state index is 0.324. The summed E-state index contributed by atoms with van der Waals surface area (Å²) >= 11 is 0. The number of hydrogen-bond donors (Lipinski definition) is 0. The van der Waals surface area contributed by atoms with Crippen molar-refractivity contribution in [3.8, 4) is 0 Å². The second-order valence-electron chi connectivity index (χ2n) is 8.66. The molecule has 1 aromatic heterocycles. The molecule has 2 rings (SSSR count). The van der Waals surface area contributed by atoms with E-state index in [2.05, 4.69) is 72.8 Å². The Kier molecular flexibility index (Phi) is 11.4. The number of unbranched alkanes of at least 4 members (excludes halogenated alkanes) is 7. The van der Waals surface area contributed by atoms with Crippen molar-refractivity contribution in [2.45, 2.75) is 98.1 Å². The first-order chi connectivity index (χ1) is 14.6. The maximum absolute atomic E-state index is 13.0. The Morgan fingerprint density at radius 3 is 2.40 bits per heavy atom. The van der Waals surface area contributed by atoms with Crippen molar-refractivity contribution in [1.82, 2.24) is 9.47 Å². The SMILES string of the molecule is CCCCCCCCC(=O)N(CCCCC)Cc1cccn1Cc1cccc(C)c1. The number of hydrogen-bond acceptors (Lipinski definition) is 1. The van der Waals surface area contributed by atoms with Crippen molar-refractivity contribution in [1.29, 1.82) is 0 Å². The molecule has 0 unspecified atom stereocenters. The van der Waals surface area contributed by atoms with Crippen LogP contribution in [0.1, 0.15) is 94.9 Å². The third kappa shape index (κ3) is 8.77. The largest absolute Gasteiger partial charge is 0.345 e. The van der Waals surface area contributed by atoms with Gasteiger partial charge in [-0.3, -0.25) is 4.79 Å². The summed E-state index contributed by atoms with van der Waals surface area (Å²) in [5, 5.41) is 0. The van der Waals surface area contributed by atoms with Crippen LogP contribution in [-0.2, 0) is 17.9 Å². The van der Waals surface area contributed by atoms with Gasteiger partial charge < -0.3 is 9.47 Å². The smallest absolute Gasteiger partial charge is 0.222 e. The van der Waals surface area contributed by atoms with Crippen LogP contribution in [0.4, 0.5) is 0 Å². The molecule has 166 valence electrons. The maximum atomic E-state index is 13.0. The molecule has 1 amide bonds. The van der Waals surface area contributed by atoms with Crippen LogP contribution in [0.25, 0.3) is 0 Å². The Hall–Kier alpha value is -2.03. The zero-order valence-corrected chi connectivity index (χ0v) is 19.5. The Balaban J connectivity index is 1.95. The van der Waals surface area contributed by atoms with Crippen molar-refractivity contribution in [3.05, 3.63) is 59.4 Å². The molecule has 2 aromatic rings. The number of aryl methyl sites for hydroxylation is 1. The van der Waals surface area contributed by atoms with Crippen molar-refractivity contribution < 1.29 is 4.79 Å². The highest BCUT2D eigenvalue weighted by Gasteiger charge is 2.15. The van der Waals surface area contributed by atoms with Crippen LogP contribution in [0, 0.1) is 6.92 Å². The first-order valence-corrected chi connectivity index (χ1v) is 12.1. The van der Waals surface area contributed by atoms with Crippen molar-refractivity contribution in [3.63, 3.8) is 0 Å². The monoisotopic (exact) mass is 410 g/mol. The van der Waals surface area contributed by atoms with E-state index in [0.29, 0.717) is 12.3 Å². The summed E-state index contributed by atoms with van der Waals surface area (Å²) in [5.74, 6) is 0.324. The molecule has 0 atom stereocenters. The van der Waals surface area contributed by atoms with E-state index in [0.717, 1.165) is 32.5 Å². The molecule has 3 heteroatoms. The zero-order chi connectivity index (χ0) is 21.6. The van der Waals surface area contributed by atoms with Gasteiger partial charge in [0.1, 0.15) is 0 Å². The lowest BCUT2D eigenvalue weighted by Gasteiger charge is -2.24. The Bertz CT molecular complexity index is 734. The number of carbonyl (C=O) groups is 1. The number of rotatable bonds is 15. The van der Waals surface area contributed by atoms with Crippen LogP contribution in [0.3, 0.4) is 0 Å². The van der Waals surface area contributed by atoms with E-state index in [9.17, 15) is 4.79 Å². The molecule has 1 aromatic carbocycles. The van der Waals surface area contributed by atoms with Crippen molar-refractivity contribution in [2.24, 2.45) is 0 Å². The van der Waals surface area contributed by atoms with E-state index in [1.807, 2.05) is 0 Å². The van der Waals surface area contributed by atoms with Crippen LogP contribution < -0.4 is 0 Å². The lowest BCUT2D eigenvalue weighted by atomic mass is 10.1. The first kappa shape index (κ1) is 24.2. The van der Waals surface area contributed by atoms with Gasteiger partial charge in [0.05, 0.1) is 6.54 Å². The third-order valence-electron chi connectivity index (χ3n) is 5.84. The van der Waals surface area contributed by atoms with Gasteiger partial charge in [-0.05, 0) is 37.5 Å². The van der Waals surface area contributed by atoms with Crippen LogP contribution in [0.2, 0.25) is 0 Å². The van der Waals surface area contributed by atoms with Crippen LogP contribution in [0.5, 0.6) is 0 Å². The zero-order valence-electron chi connectivity index (χ0n) is 19.5. The average Bonchev–Trinajstić information content (AvgIpc) is 3.16. The first-order valence-electron chi connectivity index (χ1n) is 12.1. The van der Waals surface area contributed by atoms with Crippen molar-refractivity contribution in [2.75, 3.05) is 6.54 Å². The molecule has 0 aliphatic heterocycles. The summed E-state index contributed by atoms with van der Waals surface area (Å²) < 4.78 is 2.29. The number of amides is 1. The molecule has 0 radical (unpaired) electrons. The van der Waals surface area contributed by atoms with Crippen LogP contribution in [0.15, 0.2) is 42.6 Å². The molecule has 1 heterocycles. The highest BCUT2D eigenvalue weighted by molar-refractivity contribution is 5.76. The van der Waals surface area contributed by atoms with E-state index in [4.69, 9.17) is 0 Å². The number of carbonyl (C=O) groups excluding carboxylic acids is 1. The molecular weight excluding hydrogens is 368 g/mol. The quantitative estimate of drug-likeness (QED) is 0.287. The predicted octanol–water partition coefficient (Wildman–Crippen LogP) is 7.11. The van der Waals surface area contributed by atoms with Gasteiger partial charge in [0.15, 0.2) is 0 Å². The number of aromatic nitrogens is 1. The average molecular weight is 411 g/mol. The normalized spacial score (nSPS) is 11.0. The Morgan fingerprint density at radius 1 is 0.900 bits per heavy atom. The molecule has 0 fully saturated rings. The fourth-order valence-corrected chi connectivity index (χ4v) is 4.01. The van der Waals surface area contributed by atoms with E-state index < -0.39 is 0 Å². The highest BCUT2D eigenvalue weighted by atomic mass is 16.2. The molecule has 0 N–H and O–H groups in total. The molecule has 0 saturated heterocycles. The molecule has 0 saturated carbocycles. The van der Waals surface area contributed by atoms with Gasteiger partial charge in [0, 0.05) is 31.4 Å². The minimum Gasteiger partial charge on any atom is -0.345 e. The molecular formula is C27H42N2O. The molecule has 0 bridgehead atoms. The van der Waals surface area contributed by atoms with Gasteiger partial charge in [-0.1, -0.05) is 88.6 Å². The van der Waals surface area contributed by atoms with Gasteiger partial charge in [0.2, 0.25) is 5.91 Å². The van der Waals surface area contributed by atoms with Gasteiger partial charge in [-0.25, -0.2) is 0 Å². The summed E-state index contributed by atoms with van der Waals surface area (Å²) in [5.41, 5.74) is 3.82. The summed E-state index contributed by atoms with van der Waals surface area (Å²) in [6, 6.07) is 12.9. The van der Waals surface area contributed by atoms with Crippen LogP contribution >= 0.6 is 0 Å². The number of benzene rings is 1. The standard InChI is InChI=1S/C27H42N2O/c1-4-6-8-9-10-11-18-27(30)29(19-12-7-5-2)23-26-17-14-20-28(26)22-25-16-13-15-24(3)21-25/h13-17,20-21H,4-12,18-19,22-23H2,1-3H3. The fourth-order valence-electron chi connectivity index (χ4n) is 4.01. The number of nitrogens with zero attached hydrogens (tertiary/aromatic N) is 2. The fraction of sp³-hybridized carbons (Fsp3) is 0.593. The Labute approximate surface area is 184 Å². The van der Waals surface area contributed by atoms with Gasteiger partial charge >= 0.3 is 0 Å². The van der Waals surface area contributed by atoms with Gasteiger partial charge in [-0.15, -0.1) is 0 Å². The van der Waals surface area contributed by atoms with E-state index in [1.165, 1.54) is 61.8 Å². The van der Waals surface area contributed by atoms with E-state index in [-0.39, 0.29) is 0 Å². The molecule has 0 spiro atoms.